The molecule has 0 fully saturated rings. The van der Waals surface area contributed by atoms with Crippen LogP contribution >= 0.6 is 0 Å². The monoisotopic (exact) mass is 743 g/mol. The zero-order valence-corrected chi connectivity index (χ0v) is 29.0. The van der Waals surface area contributed by atoms with Gasteiger partial charge in [-0.3, -0.25) is 9.79 Å². The Balaban J connectivity index is 0.000000263. The average molecular weight is 743 g/mol. The molecular formula is C38H48IrNO2-. The van der Waals surface area contributed by atoms with E-state index in [1.165, 1.54) is 44.7 Å². The SMILES string of the molecule is CC(C)C1=CC2=CC=NC3c4[c-]c5ccccc5cc4C(C)(C)C(=C1)C23.CCC(CC)C(=O)/C=C(\O)C(CC)CC.[Ir]. The first kappa shape index (κ1) is 33.9. The molecule has 0 saturated heterocycles. The summed E-state index contributed by atoms with van der Waals surface area (Å²) in [6.07, 6.45) is 14.0. The van der Waals surface area contributed by atoms with E-state index in [-0.39, 0.29) is 54.9 Å². The third kappa shape index (κ3) is 6.66. The minimum absolute atomic E-state index is 0. The van der Waals surface area contributed by atoms with Crippen LogP contribution in [0, 0.1) is 29.7 Å². The summed E-state index contributed by atoms with van der Waals surface area (Å²) in [5.74, 6) is 1.43. The minimum atomic E-state index is -0.0165. The van der Waals surface area contributed by atoms with Gasteiger partial charge in [-0.2, -0.15) is 0 Å². The van der Waals surface area contributed by atoms with E-state index in [1.807, 2.05) is 33.9 Å². The van der Waals surface area contributed by atoms with E-state index in [1.54, 1.807) is 0 Å². The number of hydrogen-bond donors (Lipinski definition) is 1. The fraction of sp³-hybridized carbons (Fsp3) is 0.474. The van der Waals surface area contributed by atoms with Crippen molar-refractivity contribution < 1.29 is 30.0 Å². The van der Waals surface area contributed by atoms with Crippen LogP contribution in [0.15, 0.2) is 82.1 Å². The Morgan fingerprint density at radius 3 is 2.29 bits per heavy atom. The Labute approximate surface area is 267 Å². The Hall–Kier alpha value is -2.55. The summed E-state index contributed by atoms with van der Waals surface area (Å²) in [6, 6.07) is 14.8. The standard InChI is InChI=1S/C25H24N.C13H24O2.Ir/c1-15(2)19-11-18-9-10-26-24-20-12-16-7-5-6-8-17(16)13-21(20)25(3,4)22(14-19)23(18)24;1-5-10(6-2)12(14)9-13(15)11(7-3)8-4;/h5-11,13-15,23-24H,1-4H3;9-11,14H,5-8H2,1-4H3;/q-1;;/b;12-9-;. The summed E-state index contributed by atoms with van der Waals surface area (Å²) >= 11 is 0. The van der Waals surface area contributed by atoms with Crippen molar-refractivity contribution in [1.29, 1.82) is 0 Å². The van der Waals surface area contributed by atoms with Crippen LogP contribution in [0.1, 0.15) is 98.2 Å². The summed E-state index contributed by atoms with van der Waals surface area (Å²) in [5.41, 5.74) is 6.99. The maximum Gasteiger partial charge on any atom is 0.162 e. The third-order valence-electron chi connectivity index (χ3n) is 9.44. The Morgan fingerprint density at radius 1 is 1.02 bits per heavy atom. The topological polar surface area (TPSA) is 49.7 Å². The fourth-order valence-corrected chi connectivity index (χ4v) is 6.60. The number of hydrogen-bond acceptors (Lipinski definition) is 3. The van der Waals surface area contributed by atoms with Crippen molar-refractivity contribution in [2.45, 2.75) is 92.5 Å². The minimum Gasteiger partial charge on any atom is -0.512 e. The second kappa shape index (κ2) is 14.3. The van der Waals surface area contributed by atoms with Crippen LogP contribution in [0.3, 0.4) is 0 Å². The van der Waals surface area contributed by atoms with Gasteiger partial charge in [0.05, 0.1) is 11.8 Å². The van der Waals surface area contributed by atoms with Gasteiger partial charge in [0, 0.05) is 50.1 Å². The molecule has 227 valence electrons. The van der Waals surface area contributed by atoms with Gasteiger partial charge >= 0.3 is 0 Å². The zero-order valence-electron chi connectivity index (χ0n) is 26.6. The molecule has 2 aliphatic carbocycles. The molecule has 0 bridgehead atoms. The van der Waals surface area contributed by atoms with E-state index in [0.717, 1.165) is 25.7 Å². The molecule has 1 heterocycles. The number of ketones is 1. The summed E-state index contributed by atoms with van der Waals surface area (Å²) in [4.78, 5) is 16.6. The van der Waals surface area contributed by atoms with Crippen LogP contribution in [0.5, 0.6) is 0 Å². The number of aliphatic hydroxyl groups is 1. The van der Waals surface area contributed by atoms with Gasteiger partial charge in [-0.1, -0.05) is 85.2 Å². The van der Waals surface area contributed by atoms with E-state index in [2.05, 4.69) is 82.3 Å². The second-order valence-electron chi connectivity index (χ2n) is 12.6. The molecule has 2 aromatic rings. The predicted octanol–water partition coefficient (Wildman–Crippen LogP) is 9.99. The number of carbonyl (C=O) groups is 1. The summed E-state index contributed by atoms with van der Waals surface area (Å²) in [7, 11) is 0. The molecule has 2 unspecified atom stereocenters. The number of fused-ring (bicyclic) bond motifs is 3. The molecule has 0 saturated carbocycles. The van der Waals surface area contributed by atoms with Gasteiger partial charge in [0.25, 0.3) is 0 Å². The predicted molar refractivity (Wildman–Crippen MR) is 173 cm³/mol. The van der Waals surface area contributed by atoms with Crippen LogP contribution in [0.4, 0.5) is 0 Å². The molecule has 0 aromatic heterocycles. The van der Waals surface area contributed by atoms with Crippen molar-refractivity contribution in [3.63, 3.8) is 0 Å². The first-order valence-corrected chi connectivity index (χ1v) is 15.6. The van der Waals surface area contributed by atoms with Crippen molar-refractivity contribution in [3.05, 3.63) is 94.3 Å². The molecule has 1 N–H and O–H groups in total. The molecule has 2 aromatic carbocycles. The maximum atomic E-state index is 11.7. The van der Waals surface area contributed by atoms with Gasteiger partial charge in [0.15, 0.2) is 5.78 Å². The van der Waals surface area contributed by atoms with Crippen molar-refractivity contribution in [2.75, 3.05) is 0 Å². The fourth-order valence-electron chi connectivity index (χ4n) is 6.60. The van der Waals surface area contributed by atoms with Gasteiger partial charge in [-0.05, 0) is 54.2 Å². The number of nitrogens with zero attached hydrogens (tertiary/aromatic N) is 1. The maximum absolute atomic E-state index is 11.7. The molecule has 0 spiro atoms. The quantitative estimate of drug-likeness (QED) is 0.166. The molecule has 5 rings (SSSR count). The van der Waals surface area contributed by atoms with Gasteiger partial charge in [-0.15, -0.1) is 46.2 Å². The van der Waals surface area contributed by atoms with Crippen LogP contribution in [0.2, 0.25) is 0 Å². The first-order chi connectivity index (χ1) is 19.6. The van der Waals surface area contributed by atoms with Crippen LogP contribution < -0.4 is 0 Å². The number of rotatable bonds is 8. The summed E-state index contributed by atoms with van der Waals surface area (Å²) in [5, 5.41) is 12.2. The van der Waals surface area contributed by atoms with Crippen molar-refractivity contribution in [2.24, 2.45) is 28.7 Å². The Kier molecular flexibility index (Phi) is 11.5. The molecule has 3 nitrogen and oxygen atoms in total. The van der Waals surface area contributed by atoms with E-state index in [9.17, 15) is 9.90 Å². The molecule has 3 aliphatic rings. The largest absolute Gasteiger partial charge is 0.512 e. The number of carbonyl (C=O) groups excluding carboxylic acids is 1. The molecule has 4 heteroatoms. The number of benzene rings is 2. The molecular weight excluding hydrogens is 695 g/mol. The van der Waals surface area contributed by atoms with Crippen LogP contribution in [-0.4, -0.2) is 17.1 Å². The molecule has 1 radical (unpaired) electrons. The second-order valence-corrected chi connectivity index (χ2v) is 12.6. The van der Waals surface area contributed by atoms with E-state index in [0.29, 0.717) is 11.8 Å². The number of dihydropyridines is 1. The Bertz CT molecular complexity index is 1430. The zero-order chi connectivity index (χ0) is 29.9. The van der Waals surface area contributed by atoms with E-state index in [4.69, 9.17) is 4.99 Å². The summed E-state index contributed by atoms with van der Waals surface area (Å²) < 4.78 is 0. The van der Waals surface area contributed by atoms with Gasteiger partial charge < -0.3 is 5.11 Å². The average Bonchev–Trinajstić information content (AvgIpc) is 2.96. The first-order valence-electron chi connectivity index (χ1n) is 15.6. The smallest absolute Gasteiger partial charge is 0.162 e. The number of allylic oxidation sites excluding steroid dienone is 6. The van der Waals surface area contributed by atoms with Crippen molar-refractivity contribution in [3.8, 4) is 0 Å². The number of aliphatic imine (C=N–C) groups is 1. The van der Waals surface area contributed by atoms with Gasteiger partial charge in [0.1, 0.15) is 0 Å². The molecule has 42 heavy (non-hydrogen) atoms. The number of aliphatic hydroxyl groups excluding tert-OH is 1. The normalized spacial score (nSPS) is 20.2. The van der Waals surface area contributed by atoms with Crippen molar-refractivity contribution >= 4 is 22.8 Å². The van der Waals surface area contributed by atoms with Gasteiger partial charge in [0.2, 0.25) is 0 Å². The molecule has 2 atom stereocenters. The Morgan fingerprint density at radius 2 is 1.67 bits per heavy atom. The summed E-state index contributed by atoms with van der Waals surface area (Å²) in [6.45, 7) is 17.4. The van der Waals surface area contributed by atoms with Crippen molar-refractivity contribution in [1.82, 2.24) is 0 Å². The van der Waals surface area contributed by atoms with Crippen LogP contribution in [-0.2, 0) is 30.3 Å². The van der Waals surface area contributed by atoms with E-state index < -0.39 is 0 Å². The molecule has 0 amide bonds. The van der Waals surface area contributed by atoms with Crippen LogP contribution in [0.25, 0.3) is 10.8 Å². The van der Waals surface area contributed by atoms with Gasteiger partial charge in [-0.25, -0.2) is 0 Å². The van der Waals surface area contributed by atoms with E-state index >= 15 is 0 Å². The third-order valence-corrected chi connectivity index (χ3v) is 9.44. The molecule has 1 aliphatic heterocycles.